The average molecular weight is 482 g/mol. The fourth-order valence-corrected chi connectivity index (χ4v) is 5.53. The number of pyridine rings is 1. The number of ether oxygens (including phenoxy) is 2. The number of amides is 1. The molecule has 2 aromatic rings. The predicted molar refractivity (Wildman–Crippen MR) is 137 cm³/mol. The molecule has 2 aliphatic heterocycles. The maximum Gasteiger partial charge on any atom is 0.254 e. The summed E-state index contributed by atoms with van der Waals surface area (Å²) in [5, 5.41) is 0. The van der Waals surface area contributed by atoms with Crippen LogP contribution < -0.4 is 15.0 Å². The van der Waals surface area contributed by atoms with Gasteiger partial charge in [-0.2, -0.15) is 0 Å². The zero-order valence-electron chi connectivity index (χ0n) is 22.2. The van der Waals surface area contributed by atoms with E-state index in [4.69, 9.17) is 9.47 Å². The largest absolute Gasteiger partial charge is 0.449 e. The third-order valence-electron chi connectivity index (χ3n) is 7.57. The highest BCUT2D eigenvalue weighted by Crippen LogP contribution is 2.47. The molecule has 0 radical (unpaired) electrons. The lowest BCUT2D eigenvalue weighted by atomic mass is 9.93. The van der Waals surface area contributed by atoms with Crippen LogP contribution in [0.1, 0.15) is 77.8 Å². The molecule has 190 valence electrons. The first kappa shape index (κ1) is 25.3. The number of hydrogen-bond donors (Lipinski definition) is 1. The first-order chi connectivity index (χ1) is 16.5. The molecule has 0 aliphatic carbocycles. The van der Waals surface area contributed by atoms with Gasteiger partial charge in [-0.3, -0.25) is 9.59 Å². The van der Waals surface area contributed by atoms with Crippen LogP contribution in [0, 0.1) is 20.8 Å². The average Bonchev–Trinajstić information content (AvgIpc) is 3.11. The molecule has 1 aromatic carbocycles. The van der Waals surface area contributed by atoms with Crippen molar-refractivity contribution in [2.75, 3.05) is 20.6 Å². The fraction of sp³-hybridized carbons (Fsp3) is 0.571. The van der Waals surface area contributed by atoms with E-state index in [-0.39, 0.29) is 11.5 Å². The van der Waals surface area contributed by atoms with Gasteiger partial charge in [-0.05, 0) is 83.8 Å². The molecule has 2 atom stereocenters. The molecule has 7 heteroatoms. The van der Waals surface area contributed by atoms with Gasteiger partial charge in [0.2, 0.25) is 5.79 Å². The van der Waals surface area contributed by atoms with E-state index in [2.05, 4.69) is 30.9 Å². The van der Waals surface area contributed by atoms with Crippen LogP contribution in [0.5, 0.6) is 11.5 Å². The van der Waals surface area contributed by atoms with Crippen LogP contribution in [-0.4, -0.2) is 53.2 Å². The standard InChI is InChI=1S/C28H39N3O4/c1-8-21(30(6)7)10-9-12-28(5)34-23-15-20-11-13-31(27(33)24(20)19(4)25(23)35-28)16-22-17(2)14-18(3)29-26(22)32/h14-15,21H,8-13,16H2,1-7H3,(H,29,32). The molecule has 0 saturated heterocycles. The Morgan fingerprint density at radius 1 is 1.17 bits per heavy atom. The van der Waals surface area contributed by atoms with Gasteiger partial charge < -0.3 is 24.3 Å². The smallest absolute Gasteiger partial charge is 0.254 e. The first-order valence-electron chi connectivity index (χ1n) is 12.7. The van der Waals surface area contributed by atoms with Gasteiger partial charge in [-0.25, -0.2) is 0 Å². The number of H-pyrrole nitrogens is 1. The molecule has 1 amide bonds. The summed E-state index contributed by atoms with van der Waals surface area (Å²) in [6.07, 6.45) is 4.70. The fourth-order valence-electron chi connectivity index (χ4n) is 5.53. The molecule has 0 spiro atoms. The van der Waals surface area contributed by atoms with Crippen LogP contribution in [0.4, 0.5) is 0 Å². The Bertz CT molecular complexity index is 1190. The minimum atomic E-state index is -0.726. The highest BCUT2D eigenvalue weighted by Gasteiger charge is 2.40. The Labute approximate surface area is 208 Å². The van der Waals surface area contributed by atoms with Crippen molar-refractivity contribution in [2.45, 2.75) is 85.1 Å². The lowest BCUT2D eigenvalue weighted by Crippen LogP contribution is -2.39. The Kier molecular flexibility index (Phi) is 7.00. The highest BCUT2D eigenvalue weighted by molar-refractivity contribution is 5.99. The minimum absolute atomic E-state index is 0.0556. The van der Waals surface area contributed by atoms with Crippen LogP contribution in [-0.2, 0) is 13.0 Å². The summed E-state index contributed by atoms with van der Waals surface area (Å²) in [5.74, 6) is 0.622. The zero-order chi connectivity index (χ0) is 25.5. The van der Waals surface area contributed by atoms with Crippen molar-refractivity contribution < 1.29 is 14.3 Å². The van der Waals surface area contributed by atoms with Crippen molar-refractivity contribution in [3.05, 3.63) is 56.0 Å². The van der Waals surface area contributed by atoms with Crippen LogP contribution in [0.25, 0.3) is 0 Å². The van der Waals surface area contributed by atoms with Gasteiger partial charge in [-0.1, -0.05) is 6.92 Å². The Morgan fingerprint density at radius 3 is 2.57 bits per heavy atom. The third kappa shape index (κ3) is 4.96. The number of aromatic nitrogens is 1. The van der Waals surface area contributed by atoms with E-state index in [9.17, 15) is 9.59 Å². The maximum absolute atomic E-state index is 13.5. The van der Waals surface area contributed by atoms with E-state index < -0.39 is 5.79 Å². The number of rotatable bonds is 8. The number of carbonyl (C=O) groups excluding carboxylic acids is 1. The number of aromatic amines is 1. The molecule has 1 N–H and O–H groups in total. The number of nitrogens with zero attached hydrogens (tertiary/aromatic N) is 2. The lowest BCUT2D eigenvalue weighted by molar-refractivity contribution is -0.0706. The summed E-state index contributed by atoms with van der Waals surface area (Å²) in [6, 6.07) is 4.48. The number of carbonyl (C=O) groups is 1. The molecule has 3 heterocycles. The van der Waals surface area contributed by atoms with Crippen molar-refractivity contribution >= 4 is 5.91 Å². The number of hydrogen-bond acceptors (Lipinski definition) is 5. The van der Waals surface area contributed by atoms with E-state index in [1.54, 1.807) is 4.90 Å². The predicted octanol–water partition coefficient (Wildman–Crippen LogP) is 4.50. The third-order valence-corrected chi connectivity index (χ3v) is 7.57. The van der Waals surface area contributed by atoms with E-state index in [0.29, 0.717) is 36.0 Å². The van der Waals surface area contributed by atoms with Crippen LogP contribution >= 0.6 is 0 Å². The van der Waals surface area contributed by atoms with Crippen molar-refractivity contribution in [1.29, 1.82) is 0 Å². The molecule has 0 saturated carbocycles. The van der Waals surface area contributed by atoms with Gasteiger partial charge in [0.05, 0.1) is 6.54 Å². The quantitative estimate of drug-likeness (QED) is 0.601. The van der Waals surface area contributed by atoms with Gasteiger partial charge in [0.15, 0.2) is 11.5 Å². The second kappa shape index (κ2) is 9.69. The van der Waals surface area contributed by atoms with Crippen LogP contribution in [0.3, 0.4) is 0 Å². The normalized spacial score (nSPS) is 19.9. The van der Waals surface area contributed by atoms with Crippen molar-refractivity contribution in [3.8, 4) is 11.5 Å². The first-order valence-corrected chi connectivity index (χ1v) is 12.7. The second-order valence-corrected chi connectivity index (χ2v) is 10.5. The molecule has 4 rings (SSSR count). The summed E-state index contributed by atoms with van der Waals surface area (Å²) < 4.78 is 12.7. The van der Waals surface area contributed by atoms with Crippen molar-refractivity contribution in [2.24, 2.45) is 0 Å². The zero-order valence-corrected chi connectivity index (χ0v) is 22.2. The second-order valence-electron chi connectivity index (χ2n) is 10.5. The number of nitrogens with one attached hydrogen (secondary N) is 1. The topological polar surface area (TPSA) is 74.9 Å². The summed E-state index contributed by atoms with van der Waals surface area (Å²) in [5.41, 5.74) is 4.74. The van der Waals surface area contributed by atoms with Gasteiger partial charge in [0, 0.05) is 48.3 Å². The van der Waals surface area contributed by atoms with Gasteiger partial charge in [0.25, 0.3) is 11.5 Å². The molecular formula is C28H39N3O4. The monoisotopic (exact) mass is 481 g/mol. The van der Waals surface area contributed by atoms with E-state index in [1.807, 2.05) is 39.8 Å². The summed E-state index contributed by atoms with van der Waals surface area (Å²) in [6.45, 7) is 10.8. The Hall–Kier alpha value is -2.80. The minimum Gasteiger partial charge on any atom is -0.449 e. The number of aryl methyl sites for hydroxylation is 2. The summed E-state index contributed by atoms with van der Waals surface area (Å²) in [7, 11) is 4.25. The highest BCUT2D eigenvalue weighted by atomic mass is 16.7. The molecular weight excluding hydrogens is 442 g/mol. The molecule has 2 unspecified atom stereocenters. The maximum atomic E-state index is 13.5. The van der Waals surface area contributed by atoms with E-state index >= 15 is 0 Å². The number of benzene rings is 1. The summed E-state index contributed by atoms with van der Waals surface area (Å²) >= 11 is 0. The summed E-state index contributed by atoms with van der Waals surface area (Å²) in [4.78, 5) is 33.0. The lowest BCUT2D eigenvalue weighted by Gasteiger charge is -2.30. The van der Waals surface area contributed by atoms with Crippen molar-refractivity contribution in [1.82, 2.24) is 14.8 Å². The molecule has 1 aromatic heterocycles. The van der Waals surface area contributed by atoms with E-state index in [1.165, 1.54) is 0 Å². The van der Waals surface area contributed by atoms with Crippen molar-refractivity contribution in [3.63, 3.8) is 0 Å². The Balaban J connectivity index is 1.52. The molecule has 7 nitrogen and oxygen atoms in total. The van der Waals surface area contributed by atoms with Crippen LogP contribution in [0.15, 0.2) is 16.9 Å². The van der Waals surface area contributed by atoms with E-state index in [0.717, 1.165) is 60.2 Å². The number of fused-ring (bicyclic) bond motifs is 2. The van der Waals surface area contributed by atoms with Gasteiger partial charge >= 0.3 is 0 Å². The molecule has 0 bridgehead atoms. The van der Waals surface area contributed by atoms with Crippen LogP contribution in [0.2, 0.25) is 0 Å². The molecule has 0 fully saturated rings. The SMILES string of the molecule is CCC(CCCC1(C)Oc2cc3c(c(C)c2O1)C(=O)N(Cc1c(C)cc(C)[nH]c1=O)CC3)N(C)C. The van der Waals surface area contributed by atoms with Gasteiger partial charge in [0.1, 0.15) is 0 Å². The molecule has 2 aliphatic rings. The Morgan fingerprint density at radius 2 is 1.91 bits per heavy atom. The molecule has 35 heavy (non-hydrogen) atoms. The van der Waals surface area contributed by atoms with Gasteiger partial charge in [-0.15, -0.1) is 0 Å².